The van der Waals surface area contributed by atoms with E-state index in [0.29, 0.717) is 26.2 Å². The number of ether oxygens (including phenoxy) is 1. The number of benzene rings is 1. The summed E-state index contributed by atoms with van der Waals surface area (Å²) in [5, 5.41) is 9.92. The van der Waals surface area contributed by atoms with Gasteiger partial charge < -0.3 is 15.0 Å². The first kappa shape index (κ1) is 19.9. The Morgan fingerprint density at radius 1 is 1.39 bits per heavy atom. The molecule has 2 aromatic rings. The Labute approximate surface area is 164 Å². The van der Waals surface area contributed by atoms with Gasteiger partial charge in [-0.2, -0.15) is 5.10 Å². The van der Waals surface area contributed by atoms with E-state index in [0.717, 1.165) is 22.7 Å². The van der Waals surface area contributed by atoms with E-state index in [1.54, 1.807) is 19.1 Å². The predicted molar refractivity (Wildman–Crippen MR) is 105 cm³/mol. The Hall–Kier alpha value is -2.87. The van der Waals surface area contributed by atoms with Crippen LogP contribution in [0.25, 0.3) is 0 Å². The smallest absolute Gasteiger partial charge is 0.237 e. The van der Waals surface area contributed by atoms with Crippen LogP contribution in [0.5, 0.6) is 5.75 Å². The molecular formula is C20H27N5O3. The van der Waals surface area contributed by atoms with E-state index in [4.69, 9.17) is 4.74 Å². The lowest BCUT2D eigenvalue weighted by Crippen LogP contribution is -2.56. The average molecular weight is 385 g/mol. The summed E-state index contributed by atoms with van der Waals surface area (Å²) >= 11 is 0. The molecule has 1 atom stereocenters. The molecule has 2 N–H and O–H groups in total. The molecule has 8 heteroatoms. The minimum Gasteiger partial charge on any atom is -0.496 e. The summed E-state index contributed by atoms with van der Waals surface area (Å²) in [7, 11) is 3.37. The fraction of sp³-hybridized carbons (Fsp3) is 0.450. The van der Waals surface area contributed by atoms with E-state index in [2.05, 4.69) is 15.5 Å². The van der Waals surface area contributed by atoms with Gasteiger partial charge in [-0.05, 0) is 19.1 Å². The number of hydrogen-bond acceptors (Lipinski definition) is 5. The number of aromatic nitrogens is 2. The third-order valence-corrected chi connectivity index (χ3v) is 4.96. The van der Waals surface area contributed by atoms with Crippen molar-refractivity contribution in [3.63, 3.8) is 0 Å². The SMILES string of the molecule is COc1ccccc1CN1CCNC(=O)C1CC(=O)N(C)Cc1cc(C)[nH]n1. The van der Waals surface area contributed by atoms with Crippen LogP contribution in [0.3, 0.4) is 0 Å². The second kappa shape index (κ2) is 8.88. The standard InChI is InChI=1S/C20H27N5O3/c1-14-10-16(23-22-14)13-24(2)19(26)11-17-20(27)21-8-9-25(17)12-15-6-4-5-7-18(15)28-3/h4-7,10,17H,8-9,11-13H2,1-3H3,(H,21,27)(H,22,23). The van der Waals surface area contributed by atoms with Crippen LogP contribution in [0.4, 0.5) is 0 Å². The molecule has 2 amide bonds. The van der Waals surface area contributed by atoms with E-state index in [-0.39, 0.29) is 18.2 Å². The quantitative estimate of drug-likeness (QED) is 0.744. The zero-order valence-corrected chi connectivity index (χ0v) is 16.6. The van der Waals surface area contributed by atoms with Crippen molar-refractivity contribution in [1.82, 2.24) is 25.3 Å². The van der Waals surface area contributed by atoms with Crippen LogP contribution in [0, 0.1) is 6.92 Å². The zero-order chi connectivity index (χ0) is 20.1. The number of nitrogens with one attached hydrogen (secondary N) is 2. The van der Waals surface area contributed by atoms with Gasteiger partial charge in [0.1, 0.15) is 5.75 Å². The van der Waals surface area contributed by atoms with Crippen LogP contribution in [0.15, 0.2) is 30.3 Å². The molecule has 0 radical (unpaired) electrons. The second-order valence-corrected chi connectivity index (χ2v) is 7.09. The first-order valence-corrected chi connectivity index (χ1v) is 9.36. The molecule has 0 spiro atoms. The molecule has 1 unspecified atom stereocenters. The monoisotopic (exact) mass is 385 g/mol. The number of amides is 2. The van der Waals surface area contributed by atoms with Gasteiger partial charge in [-0.1, -0.05) is 18.2 Å². The van der Waals surface area contributed by atoms with E-state index < -0.39 is 6.04 Å². The first-order chi connectivity index (χ1) is 13.5. The van der Waals surface area contributed by atoms with Gasteiger partial charge in [-0.15, -0.1) is 0 Å². The number of methoxy groups -OCH3 is 1. The number of carbonyl (C=O) groups excluding carboxylic acids is 2. The third kappa shape index (κ3) is 4.69. The summed E-state index contributed by atoms with van der Waals surface area (Å²) in [5.41, 5.74) is 2.75. The number of aryl methyl sites for hydroxylation is 1. The van der Waals surface area contributed by atoms with Crippen LogP contribution in [-0.2, 0) is 22.7 Å². The van der Waals surface area contributed by atoms with Crippen molar-refractivity contribution in [3.8, 4) is 5.75 Å². The molecule has 8 nitrogen and oxygen atoms in total. The van der Waals surface area contributed by atoms with Gasteiger partial charge in [0.25, 0.3) is 0 Å². The largest absolute Gasteiger partial charge is 0.496 e. The van der Waals surface area contributed by atoms with Crippen molar-refractivity contribution >= 4 is 11.8 Å². The lowest BCUT2D eigenvalue weighted by atomic mass is 10.1. The normalized spacial score (nSPS) is 17.2. The van der Waals surface area contributed by atoms with Gasteiger partial charge in [0.2, 0.25) is 11.8 Å². The molecule has 1 aromatic carbocycles. The van der Waals surface area contributed by atoms with Crippen molar-refractivity contribution in [2.75, 3.05) is 27.2 Å². The molecule has 1 aliphatic heterocycles. The molecule has 0 aliphatic carbocycles. The van der Waals surface area contributed by atoms with Gasteiger partial charge in [-0.3, -0.25) is 19.6 Å². The molecule has 150 valence electrons. The summed E-state index contributed by atoms with van der Waals surface area (Å²) in [6.07, 6.45) is 0.126. The molecule has 0 bridgehead atoms. The lowest BCUT2D eigenvalue weighted by Gasteiger charge is -2.35. The Morgan fingerprint density at radius 2 is 2.18 bits per heavy atom. The Bertz CT molecular complexity index is 835. The minimum absolute atomic E-state index is 0.0901. The number of H-pyrrole nitrogens is 1. The summed E-state index contributed by atoms with van der Waals surface area (Å²) in [4.78, 5) is 28.9. The highest BCUT2D eigenvalue weighted by molar-refractivity contribution is 5.88. The highest BCUT2D eigenvalue weighted by atomic mass is 16.5. The highest BCUT2D eigenvalue weighted by Gasteiger charge is 2.32. The predicted octanol–water partition coefficient (Wildman–Crippen LogP) is 1.08. The van der Waals surface area contributed by atoms with Crippen LogP contribution in [-0.4, -0.2) is 65.1 Å². The van der Waals surface area contributed by atoms with Gasteiger partial charge in [0.15, 0.2) is 0 Å². The van der Waals surface area contributed by atoms with E-state index in [9.17, 15) is 9.59 Å². The van der Waals surface area contributed by atoms with Crippen molar-refractivity contribution in [1.29, 1.82) is 0 Å². The molecule has 0 saturated carbocycles. The number of aromatic amines is 1. The number of hydrogen-bond donors (Lipinski definition) is 2. The van der Waals surface area contributed by atoms with Crippen molar-refractivity contribution in [2.24, 2.45) is 0 Å². The highest BCUT2D eigenvalue weighted by Crippen LogP contribution is 2.22. The Kier molecular flexibility index (Phi) is 6.30. The maximum absolute atomic E-state index is 12.7. The average Bonchev–Trinajstić information content (AvgIpc) is 3.09. The maximum atomic E-state index is 12.7. The van der Waals surface area contributed by atoms with Gasteiger partial charge >= 0.3 is 0 Å². The zero-order valence-electron chi connectivity index (χ0n) is 16.6. The summed E-state index contributed by atoms with van der Waals surface area (Å²) in [6.45, 7) is 4.13. The summed E-state index contributed by atoms with van der Waals surface area (Å²) in [5.74, 6) is 0.579. The molecule has 28 heavy (non-hydrogen) atoms. The maximum Gasteiger partial charge on any atom is 0.237 e. The van der Waals surface area contributed by atoms with Crippen LogP contribution in [0.2, 0.25) is 0 Å². The molecular weight excluding hydrogens is 358 g/mol. The van der Waals surface area contributed by atoms with Gasteiger partial charge in [0, 0.05) is 37.9 Å². The third-order valence-electron chi connectivity index (χ3n) is 4.96. The van der Waals surface area contributed by atoms with Crippen molar-refractivity contribution < 1.29 is 14.3 Å². The van der Waals surface area contributed by atoms with E-state index in [1.165, 1.54) is 0 Å². The van der Waals surface area contributed by atoms with Crippen LogP contribution >= 0.6 is 0 Å². The summed E-state index contributed by atoms with van der Waals surface area (Å²) < 4.78 is 5.42. The van der Waals surface area contributed by atoms with Gasteiger partial charge in [-0.25, -0.2) is 0 Å². The number of nitrogens with zero attached hydrogens (tertiary/aromatic N) is 3. The molecule has 1 aliphatic rings. The molecule has 1 saturated heterocycles. The van der Waals surface area contributed by atoms with E-state index in [1.807, 2.05) is 42.2 Å². The number of rotatable bonds is 7. The summed E-state index contributed by atoms with van der Waals surface area (Å²) in [6, 6.07) is 9.15. The fourth-order valence-electron chi connectivity index (χ4n) is 3.43. The molecule has 1 fully saturated rings. The van der Waals surface area contributed by atoms with Crippen molar-refractivity contribution in [3.05, 3.63) is 47.3 Å². The van der Waals surface area contributed by atoms with E-state index >= 15 is 0 Å². The molecule has 1 aromatic heterocycles. The number of piperazine rings is 1. The fourth-order valence-corrected chi connectivity index (χ4v) is 3.43. The molecule has 3 rings (SSSR count). The first-order valence-electron chi connectivity index (χ1n) is 9.36. The topological polar surface area (TPSA) is 90.6 Å². The second-order valence-electron chi connectivity index (χ2n) is 7.09. The Balaban J connectivity index is 1.68. The minimum atomic E-state index is -0.505. The van der Waals surface area contributed by atoms with Crippen LogP contribution in [0.1, 0.15) is 23.4 Å². The van der Waals surface area contributed by atoms with Crippen LogP contribution < -0.4 is 10.1 Å². The molecule has 2 heterocycles. The number of carbonyl (C=O) groups is 2. The lowest BCUT2D eigenvalue weighted by molar-refractivity contribution is -0.138. The van der Waals surface area contributed by atoms with Crippen molar-refractivity contribution in [2.45, 2.75) is 32.5 Å². The van der Waals surface area contributed by atoms with Gasteiger partial charge in [0.05, 0.1) is 31.8 Å². The number of para-hydroxylation sites is 1. The Morgan fingerprint density at radius 3 is 2.89 bits per heavy atom.